The van der Waals surface area contributed by atoms with Crippen LogP contribution in [0.2, 0.25) is 0 Å². The van der Waals surface area contributed by atoms with E-state index in [9.17, 15) is 0 Å². The Morgan fingerprint density at radius 3 is 1.52 bits per heavy atom. The molecule has 6 nitrogen and oxygen atoms in total. The minimum absolute atomic E-state index is 0.523. The molecule has 0 aliphatic rings. The lowest BCUT2D eigenvalue weighted by molar-refractivity contribution is 0.669. The van der Waals surface area contributed by atoms with Crippen molar-refractivity contribution in [2.45, 2.75) is 13.8 Å². The van der Waals surface area contributed by atoms with E-state index in [0.29, 0.717) is 17.6 Å². The van der Waals surface area contributed by atoms with Crippen LogP contribution in [0.1, 0.15) is 13.8 Å². The zero-order chi connectivity index (χ0) is 48.6. The van der Waals surface area contributed by atoms with E-state index >= 15 is 0 Å². The Morgan fingerprint density at radius 1 is 0.301 bits per heavy atom. The number of nitrogens with zero attached hydrogens (tertiary/aromatic N) is 4. The molecule has 15 aromatic rings. The molecule has 0 N–H and O–H groups in total. The molecule has 344 valence electrons. The summed E-state index contributed by atoms with van der Waals surface area (Å²) in [6, 6.07) is 81.1. The largest absolute Gasteiger partial charge is 0.456 e. The zero-order valence-electron chi connectivity index (χ0n) is 40.0. The van der Waals surface area contributed by atoms with Crippen LogP contribution >= 0.6 is 0 Å². The van der Waals surface area contributed by atoms with Gasteiger partial charge < -0.3 is 8.83 Å². The van der Waals surface area contributed by atoms with Crippen LogP contribution < -0.4 is 0 Å². The topological polar surface area (TPSA) is 69.9 Å². The van der Waals surface area contributed by atoms with Crippen LogP contribution in [0.3, 0.4) is 0 Å². The van der Waals surface area contributed by atoms with Crippen molar-refractivity contribution < 1.29 is 8.83 Å². The average molecular weight is 937 g/mol. The summed E-state index contributed by atoms with van der Waals surface area (Å²) in [5, 5.41) is 11.2. The third-order valence-electron chi connectivity index (χ3n) is 14.2. The van der Waals surface area contributed by atoms with E-state index < -0.39 is 0 Å². The van der Waals surface area contributed by atoms with Gasteiger partial charge in [0.25, 0.3) is 0 Å². The molecule has 4 heterocycles. The van der Waals surface area contributed by atoms with E-state index in [2.05, 4.69) is 187 Å². The number of benzene rings is 11. The standard InChI is InChI=1S/C65H38N4O2.C2H6/c1-2-16-39(17-3-1)63-66-64(44-34-35-51-49-24-8-10-32-56(49)70-58(51)38-44)68-65(67-63)69-60-45(28-14-31-55(60)59-52-26-6-4-22-47(52)48-23-5-7-27-53(48)61(59)69)42-20-12-18-40(36-42)41-19-13-21-43(37-41)46-29-15-30-54-50-25-9-11-33-57(50)71-62(46)54;1-2/h1-38H;1-2H3. The van der Waals surface area contributed by atoms with Crippen molar-refractivity contribution in [1.29, 1.82) is 0 Å². The summed E-state index contributed by atoms with van der Waals surface area (Å²) in [6.45, 7) is 4.00. The molecule has 0 radical (unpaired) electrons. The quantitative estimate of drug-likeness (QED) is 0.155. The second-order valence-electron chi connectivity index (χ2n) is 18.3. The molecule has 0 fully saturated rings. The van der Waals surface area contributed by atoms with Crippen LogP contribution in [-0.2, 0) is 0 Å². The molecule has 11 aromatic carbocycles. The van der Waals surface area contributed by atoms with Gasteiger partial charge in [0, 0.05) is 60.0 Å². The highest BCUT2D eigenvalue weighted by atomic mass is 16.3. The number of hydrogen-bond donors (Lipinski definition) is 0. The molecule has 0 bridgehead atoms. The first-order valence-electron chi connectivity index (χ1n) is 24.9. The summed E-state index contributed by atoms with van der Waals surface area (Å²) >= 11 is 0. The lowest BCUT2D eigenvalue weighted by Gasteiger charge is -2.15. The molecule has 73 heavy (non-hydrogen) atoms. The first-order chi connectivity index (χ1) is 36.2. The normalized spacial score (nSPS) is 11.7. The van der Waals surface area contributed by atoms with Gasteiger partial charge in [-0.2, -0.15) is 9.97 Å². The second kappa shape index (κ2) is 17.0. The third kappa shape index (κ3) is 6.76. The molecule has 0 aliphatic heterocycles. The monoisotopic (exact) mass is 936 g/mol. The molecular formula is C67H44N4O2. The molecule has 0 spiro atoms. The summed E-state index contributed by atoms with van der Waals surface area (Å²) in [6.07, 6.45) is 0. The Kier molecular flexibility index (Phi) is 9.86. The molecule has 0 amide bonds. The van der Waals surface area contributed by atoms with Crippen molar-refractivity contribution in [2.24, 2.45) is 0 Å². The van der Waals surface area contributed by atoms with Gasteiger partial charge in [0.05, 0.1) is 11.0 Å². The lowest BCUT2D eigenvalue weighted by Crippen LogP contribution is -2.07. The van der Waals surface area contributed by atoms with Crippen molar-refractivity contribution >= 4 is 87.2 Å². The Hall–Kier alpha value is -9.65. The van der Waals surface area contributed by atoms with Crippen molar-refractivity contribution in [1.82, 2.24) is 19.5 Å². The minimum Gasteiger partial charge on any atom is -0.456 e. The van der Waals surface area contributed by atoms with Gasteiger partial charge in [-0.15, -0.1) is 0 Å². The highest BCUT2D eigenvalue weighted by molar-refractivity contribution is 6.33. The fourth-order valence-corrected chi connectivity index (χ4v) is 11.0. The van der Waals surface area contributed by atoms with E-state index in [4.69, 9.17) is 23.8 Å². The second-order valence-corrected chi connectivity index (χ2v) is 18.3. The van der Waals surface area contributed by atoms with Crippen LogP contribution in [0.15, 0.2) is 239 Å². The first kappa shape index (κ1) is 42.2. The predicted molar refractivity (Wildman–Crippen MR) is 302 cm³/mol. The maximum absolute atomic E-state index is 6.50. The van der Waals surface area contributed by atoms with Crippen molar-refractivity contribution in [3.8, 4) is 62.1 Å². The zero-order valence-corrected chi connectivity index (χ0v) is 40.0. The van der Waals surface area contributed by atoms with Gasteiger partial charge in [0.2, 0.25) is 5.95 Å². The van der Waals surface area contributed by atoms with Crippen LogP contribution in [0, 0.1) is 0 Å². The fourth-order valence-electron chi connectivity index (χ4n) is 11.0. The van der Waals surface area contributed by atoms with Crippen LogP contribution in [0.5, 0.6) is 0 Å². The number of hydrogen-bond acceptors (Lipinski definition) is 5. The molecule has 0 unspecified atom stereocenters. The summed E-state index contributed by atoms with van der Waals surface area (Å²) in [7, 11) is 0. The van der Waals surface area contributed by atoms with E-state index in [-0.39, 0.29) is 0 Å². The van der Waals surface area contributed by atoms with E-state index in [1.807, 2.05) is 62.4 Å². The van der Waals surface area contributed by atoms with Gasteiger partial charge in [-0.1, -0.05) is 208 Å². The Labute approximate surface area is 420 Å². The van der Waals surface area contributed by atoms with E-state index in [1.54, 1.807) is 0 Å². The SMILES string of the molecule is CC.c1ccc(-c2nc(-c3ccc4c(c3)oc3ccccc34)nc(-n3c4c(-c5cccc(-c6cccc(-c7cccc8c7oc7ccccc78)c6)c5)cccc4c4c5ccccc5c5ccccc5c43)n2)cc1. The molecule has 0 saturated carbocycles. The first-order valence-corrected chi connectivity index (χ1v) is 24.9. The summed E-state index contributed by atoms with van der Waals surface area (Å²) < 4.78 is 15.2. The van der Waals surface area contributed by atoms with Crippen LogP contribution in [0.4, 0.5) is 0 Å². The van der Waals surface area contributed by atoms with Gasteiger partial charge in [-0.3, -0.25) is 4.57 Å². The maximum atomic E-state index is 6.50. The van der Waals surface area contributed by atoms with Gasteiger partial charge in [-0.05, 0) is 74.8 Å². The van der Waals surface area contributed by atoms with Crippen molar-refractivity contribution in [3.63, 3.8) is 0 Å². The molecule has 15 rings (SSSR count). The van der Waals surface area contributed by atoms with Crippen LogP contribution in [0.25, 0.3) is 149 Å². The summed E-state index contributed by atoms with van der Waals surface area (Å²) in [5.41, 5.74) is 13.7. The summed E-state index contributed by atoms with van der Waals surface area (Å²) in [4.78, 5) is 16.1. The smallest absolute Gasteiger partial charge is 0.238 e. The number of rotatable bonds is 6. The molecule has 6 heteroatoms. The molecule has 0 atom stereocenters. The minimum atomic E-state index is 0.523. The van der Waals surface area contributed by atoms with Gasteiger partial charge >= 0.3 is 0 Å². The predicted octanol–water partition coefficient (Wildman–Crippen LogP) is 18.4. The fraction of sp³-hybridized carbons (Fsp3) is 0.0299. The summed E-state index contributed by atoms with van der Waals surface area (Å²) in [5.74, 6) is 1.65. The van der Waals surface area contributed by atoms with Gasteiger partial charge in [-0.25, -0.2) is 4.98 Å². The number of furan rings is 2. The number of para-hydroxylation sites is 4. The van der Waals surface area contributed by atoms with Crippen molar-refractivity contribution in [2.75, 3.05) is 0 Å². The Balaban J connectivity index is 0.00000244. The highest BCUT2D eigenvalue weighted by Crippen LogP contribution is 2.46. The average Bonchev–Trinajstić information content (AvgIpc) is 4.16. The maximum Gasteiger partial charge on any atom is 0.238 e. The van der Waals surface area contributed by atoms with Gasteiger partial charge in [0.1, 0.15) is 22.3 Å². The Bertz CT molecular complexity index is 4660. The van der Waals surface area contributed by atoms with E-state index in [0.717, 1.165) is 121 Å². The van der Waals surface area contributed by atoms with Crippen molar-refractivity contribution in [3.05, 3.63) is 231 Å². The lowest BCUT2D eigenvalue weighted by atomic mass is 9.94. The number of fused-ring (bicyclic) bond motifs is 14. The Morgan fingerprint density at radius 2 is 0.795 bits per heavy atom. The molecular weight excluding hydrogens is 893 g/mol. The molecule has 4 aromatic heterocycles. The molecule has 0 aliphatic carbocycles. The molecule has 0 saturated heterocycles. The van der Waals surface area contributed by atoms with Gasteiger partial charge in [0.15, 0.2) is 11.6 Å². The third-order valence-corrected chi connectivity index (χ3v) is 14.2. The van der Waals surface area contributed by atoms with Crippen LogP contribution in [-0.4, -0.2) is 19.5 Å². The number of aromatic nitrogens is 4. The highest BCUT2D eigenvalue weighted by Gasteiger charge is 2.25. The van der Waals surface area contributed by atoms with E-state index in [1.165, 1.54) is 10.8 Å².